The molecule has 34 heavy (non-hydrogen) atoms. The van der Waals surface area contributed by atoms with Crippen molar-refractivity contribution in [3.8, 4) is 0 Å². The van der Waals surface area contributed by atoms with Gasteiger partial charge in [-0.05, 0) is 67.4 Å². The van der Waals surface area contributed by atoms with Gasteiger partial charge >= 0.3 is 5.97 Å². The van der Waals surface area contributed by atoms with Crippen LogP contribution < -0.4 is 10.6 Å². The van der Waals surface area contributed by atoms with E-state index in [2.05, 4.69) is 10.6 Å². The van der Waals surface area contributed by atoms with Crippen LogP contribution in [0.25, 0.3) is 6.08 Å². The molecule has 2 N–H and O–H groups in total. The first-order chi connectivity index (χ1) is 16.5. The molecular formula is C27H26N2O4S. The highest BCUT2D eigenvalue weighted by atomic mass is 32.2. The predicted octanol–water partition coefficient (Wildman–Crippen LogP) is 5.06. The van der Waals surface area contributed by atoms with Gasteiger partial charge in [0.05, 0.1) is 12.4 Å². The van der Waals surface area contributed by atoms with Gasteiger partial charge in [-0.1, -0.05) is 42.5 Å². The van der Waals surface area contributed by atoms with Crippen LogP contribution in [-0.4, -0.2) is 30.1 Å². The maximum absolute atomic E-state index is 13.1. The van der Waals surface area contributed by atoms with Crippen molar-refractivity contribution in [1.82, 2.24) is 5.32 Å². The standard InChI is InChI=1S/C27H26N2O4S/c1-3-33-25(30)18-34-23-15-13-22(14-16-23)28-27(32)24(17-21-12-8-7-9-19(21)2)29-26(31)20-10-5-4-6-11-20/h4-17H,3,18H2,1-2H3,(H,28,32)(H,29,31)/b24-17-. The molecule has 0 aliphatic carbocycles. The number of hydrogen-bond donors (Lipinski definition) is 2. The molecule has 3 aromatic rings. The normalized spacial score (nSPS) is 10.9. The average Bonchev–Trinajstić information content (AvgIpc) is 2.85. The van der Waals surface area contributed by atoms with Gasteiger partial charge in [0.25, 0.3) is 11.8 Å². The van der Waals surface area contributed by atoms with Crippen molar-refractivity contribution >= 4 is 41.3 Å². The molecule has 0 unspecified atom stereocenters. The Labute approximate surface area is 203 Å². The van der Waals surface area contributed by atoms with Crippen LogP contribution in [-0.2, 0) is 14.3 Å². The fraction of sp³-hybridized carbons (Fsp3) is 0.148. The molecule has 0 spiro atoms. The van der Waals surface area contributed by atoms with E-state index in [1.165, 1.54) is 11.8 Å². The molecule has 2 amide bonds. The largest absolute Gasteiger partial charge is 0.465 e. The van der Waals surface area contributed by atoms with Crippen molar-refractivity contribution in [3.63, 3.8) is 0 Å². The lowest BCUT2D eigenvalue weighted by Gasteiger charge is -2.12. The van der Waals surface area contributed by atoms with Crippen molar-refractivity contribution in [2.24, 2.45) is 0 Å². The molecule has 0 fully saturated rings. The van der Waals surface area contributed by atoms with Gasteiger partial charge in [0.15, 0.2) is 0 Å². The molecular weight excluding hydrogens is 448 g/mol. The number of thioether (sulfide) groups is 1. The molecule has 0 aromatic heterocycles. The summed E-state index contributed by atoms with van der Waals surface area (Å²) in [5.41, 5.74) is 2.95. The minimum atomic E-state index is -0.445. The minimum absolute atomic E-state index is 0.129. The molecule has 3 aromatic carbocycles. The second-order valence-electron chi connectivity index (χ2n) is 7.31. The summed E-state index contributed by atoms with van der Waals surface area (Å²) in [7, 11) is 0. The molecule has 174 valence electrons. The molecule has 0 saturated heterocycles. The number of esters is 1. The van der Waals surface area contributed by atoms with E-state index < -0.39 is 5.91 Å². The smallest absolute Gasteiger partial charge is 0.316 e. The number of amides is 2. The van der Waals surface area contributed by atoms with Crippen LogP contribution in [0.3, 0.4) is 0 Å². The lowest BCUT2D eigenvalue weighted by Crippen LogP contribution is -2.30. The van der Waals surface area contributed by atoms with E-state index in [-0.39, 0.29) is 23.3 Å². The van der Waals surface area contributed by atoms with Crippen LogP contribution >= 0.6 is 11.8 Å². The summed E-state index contributed by atoms with van der Waals surface area (Å²) in [5.74, 6) is -0.875. The van der Waals surface area contributed by atoms with Crippen LogP contribution in [0.4, 0.5) is 5.69 Å². The van der Waals surface area contributed by atoms with E-state index in [1.807, 2.05) is 49.4 Å². The summed E-state index contributed by atoms with van der Waals surface area (Å²) in [6.45, 7) is 4.06. The number of aryl methyl sites for hydroxylation is 1. The molecule has 0 atom stereocenters. The van der Waals surface area contributed by atoms with Gasteiger partial charge in [-0.2, -0.15) is 0 Å². The van der Waals surface area contributed by atoms with Crippen molar-refractivity contribution in [2.75, 3.05) is 17.7 Å². The van der Waals surface area contributed by atoms with Gasteiger partial charge in [0.2, 0.25) is 0 Å². The first-order valence-electron chi connectivity index (χ1n) is 10.8. The Morgan fingerprint density at radius 2 is 1.59 bits per heavy atom. The van der Waals surface area contributed by atoms with E-state index >= 15 is 0 Å². The van der Waals surface area contributed by atoms with E-state index in [0.29, 0.717) is 17.9 Å². The highest BCUT2D eigenvalue weighted by molar-refractivity contribution is 8.00. The molecule has 0 saturated carbocycles. The van der Waals surface area contributed by atoms with Gasteiger partial charge in [-0.25, -0.2) is 0 Å². The van der Waals surface area contributed by atoms with Crippen LogP contribution in [0.2, 0.25) is 0 Å². The topological polar surface area (TPSA) is 84.5 Å². The number of hydrogen-bond acceptors (Lipinski definition) is 5. The Bertz CT molecular complexity index is 1170. The third-order valence-electron chi connectivity index (χ3n) is 4.79. The summed E-state index contributed by atoms with van der Waals surface area (Å²) in [6, 6.07) is 23.4. The van der Waals surface area contributed by atoms with Crippen molar-refractivity contribution in [1.29, 1.82) is 0 Å². The highest BCUT2D eigenvalue weighted by Gasteiger charge is 2.15. The fourth-order valence-corrected chi connectivity index (χ4v) is 3.72. The molecule has 0 aliphatic heterocycles. The molecule has 7 heteroatoms. The number of carbonyl (C=O) groups excluding carboxylic acids is 3. The Balaban J connectivity index is 1.75. The first kappa shape index (κ1) is 24.8. The van der Waals surface area contributed by atoms with Gasteiger partial charge in [0.1, 0.15) is 5.70 Å². The van der Waals surface area contributed by atoms with Gasteiger partial charge in [-0.15, -0.1) is 11.8 Å². The maximum atomic E-state index is 13.1. The molecule has 6 nitrogen and oxygen atoms in total. The summed E-state index contributed by atoms with van der Waals surface area (Å²) >= 11 is 1.36. The number of anilines is 1. The van der Waals surface area contributed by atoms with Gasteiger partial charge < -0.3 is 15.4 Å². The second-order valence-corrected chi connectivity index (χ2v) is 8.36. The lowest BCUT2D eigenvalue weighted by atomic mass is 10.1. The lowest BCUT2D eigenvalue weighted by molar-refractivity contribution is -0.139. The van der Waals surface area contributed by atoms with Crippen LogP contribution in [0.15, 0.2) is 89.5 Å². The van der Waals surface area contributed by atoms with E-state index in [9.17, 15) is 14.4 Å². The predicted molar refractivity (Wildman–Crippen MR) is 135 cm³/mol. The fourth-order valence-electron chi connectivity index (χ4n) is 3.02. The van der Waals surface area contributed by atoms with Crippen LogP contribution in [0.5, 0.6) is 0 Å². The molecule has 0 bridgehead atoms. The van der Waals surface area contributed by atoms with Crippen LogP contribution in [0.1, 0.15) is 28.4 Å². The van der Waals surface area contributed by atoms with Gasteiger partial charge in [-0.3, -0.25) is 14.4 Å². The zero-order chi connectivity index (χ0) is 24.3. The van der Waals surface area contributed by atoms with Gasteiger partial charge in [0, 0.05) is 16.1 Å². The summed E-state index contributed by atoms with van der Waals surface area (Å²) < 4.78 is 4.93. The summed E-state index contributed by atoms with van der Waals surface area (Å²) in [5, 5.41) is 5.57. The van der Waals surface area contributed by atoms with Crippen molar-refractivity contribution in [2.45, 2.75) is 18.7 Å². The minimum Gasteiger partial charge on any atom is -0.465 e. The Kier molecular flexibility index (Phi) is 9.05. The average molecular weight is 475 g/mol. The molecule has 0 heterocycles. The first-order valence-corrected chi connectivity index (χ1v) is 11.8. The molecule has 0 radical (unpaired) electrons. The summed E-state index contributed by atoms with van der Waals surface area (Å²) in [6.07, 6.45) is 1.66. The monoisotopic (exact) mass is 474 g/mol. The Morgan fingerprint density at radius 1 is 0.912 bits per heavy atom. The number of carbonyl (C=O) groups is 3. The Morgan fingerprint density at radius 3 is 2.26 bits per heavy atom. The highest BCUT2D eigenvalue weighted by Crippen LogP contribution is 2.21. The second kappa shape index (κ2) is 12.4. The van der Waals surface area contributed by atoms with E-state index in [0.717, 1.165) is 16.0 Å². The number of ether oxygens (including phenoxy) is 1. The zero-order valence-electron chi connectivity index (χ0n) is 19.0. The van der Waals surface area contributed by atoms with E-state index in [1.54, 1.807) is 49.4 Å². The maximum Gasteiger partial charge on any atom is 0.316 e. The summed E-state index contributed by atoms with van der Waals surface area (Å²) in [4.78, 5) is 38.2. The van der Waals surface area contributed by atoms with Crippen LogP contribution in [0, 0.1) is 6.92 Å². The zero-order valence-corrected chi connectivity index (χ0v) is 19.9. The Hall–Kier alpha value is -3.84. The van der Waals surface area contributed by atoms with E-state index in [4.69, 9.17) is 4.74 Å². The number of benzene rings is 3. The van der Waals surface area contributed by atoms with Crippen molar-refractivity contribution in [3.05, 3.63) is 101 Å². The number of rotatable bonds is 9. The molecule has 0 aliphatic rings. The molecule has 3 rings (SSSR count). The quantitative estimate of drug-likeness (QED) is 0.257. The third-order valence-corrected chi connectivity index (χ3v) is 5.78. The SMILES string of the molecule is CCOC(=O)CSc1ccc(NC(=O)/C(=C/c2ccccc2C)NC(=O)c2ccccc2)cc1. The van der Waals surface area contributed by atoms with Crippen molar-refractivity contribution < 1.29 is 19.1 Å². The third kappa shape index (κ3) is 7.35. The number of nitrogens with one attached hydrogen (secondary N) is 2.